The molecule has 0 spiro atoms. The fraction of sp³-hybridized carbons (Fsp3) is 0.0746. The van der Waals surface area contributed by atoms with Gasteiger partial charge in [-0.1, -0.05) is 140 Å². The molecular weight excluding hydrogens is 911 g/mol. The molecule has 0 aliphatic heterocycles. The van der Waals surface area contributed by atoms with Crippen LogP contribution in [0.3, 0.4) is 0 Å². The van der Waals surface area contributed by atoms with Gasteiger partial charge in [0.05, 0.1) is 29.0 Å². The van der Waals surface area contributed by atoms with Gasteiger partial charge in [0.25, 0.3) is 0 Å². The maximum Gasteiger partial charge on any atom is 0.160 e. The van der Waals surface area contributed by atoms with Crippen LogP contribution in [0.15, 0.2) is 230 Å². The number of aromatic nitrogens is 1. The van der Waals surface area contributed by atoms with Gasteiger partial charge < -0.3 is 31.9 Å². The van der Waals surface area contributed by atoms with E-state index in [4.69, 9.17) is 17.7 Å². The molecule has 0 N–H and O–H groups in total. The number of anilines is 4. The van der Waals surface area contributed by atoms with Gasteiger partial charge in [-0.3, -0.25) is 0 Å². The fourth-order valence-electron chi connectivity index (χ4n) is 13.3. The lowest BCUT2D eigenvalue weighted by molar-refractivity contribution is 0.550. The Kier molecular flexibility index (Phi) is 8.04. The summed E-state index contributed by atoms with van der Waals surface area (Å²) >= 11 is 0. The van der Waals surface area contributed by atoms with Crippen LogP contribution in [-0.2, 0) is 0 Å². The topological polar surface area (TPSA) is 63.5 Å². The van der Waals surface area contributed by atoms with Crippen molar-refractivity contribution in [3.8, 4) is 11.5 Å². The molecule has 6 aromatic heterocycles. The number of furan rings is 4. The molecule has 17 rings (SSSR count). The van der Waals surface area contributed by atoms with Crippen LogP contribution in [-0.4, -0.2) is 10.4 Å². The van der Waals surface area contributed by atoms with Crippen molar-refractivity contribution in [2.75, 3.05) is 9.80 Å². The molecule has 350 valence electrons. The van der Waals surface area contributed by atoms with Crippen molar-refractivity contribution in [3.63, 3.8) is 0 Å². The molecule has 2 aliphatic rings. The monoisotopic (exact) mass is 953 g/mol. The fourth-order valence-corrected chi connectivity index (χ4v) is 13.3. The van der Waals surface area contributed by atoms with Crippen LogP contribution in [0.1, 0.15) is 36.4 Å². The molecule has 6 heterocycles. The molecule has 0 saturated carbocycles. The van der Waals surface area contributed by atoms with Gasteiger partial charge >= 0.3 is 0 Å². The second kappa shape index (κ2) is 14.8. The number of nitrogens with zero attached hydrogens (tertiary/aromatic N) is 3. The van der Waals surface area contributed by atoms with Crippen LogP contribution in [0.2, 0.25) is 0 Å². The molecule has 0 fully saturated rings. The van der Waals surface area contributed by atoms with Crippen molar-refractivity contribution in [2.24, 2.45) is 0 Å². The number of hydrogen-bond donors (Lipinski definition) is 0. The van der Waals surface area contributed by atoms with Crippen molar-refractivity contribution in [1.82, 2.24) is 4.40 Å². The summed E-state index contributed by atoms with van der Waals surface area (Å²) in [4.78, 5) is 5.13. The van der Waals surface area contributed by atoms with E-state index in [0.29, 0.717) is 0 Å². The Morgan fingerprint density at radius 2 is 1.00 bits per heavy atom. The molecule has 2 aliphatic carbocycles. The predicted octanol–water partition coefficient (Wildman–Crippen LogP) is 18.8. The molecule has 15 aromatic rings. The van der Waals surface area contributed by atoms with Crippen LogP contribution in [0.4, 0.5) is 22.7 Å². The van der Waals surface area contributed by atoms with Gasteiger partial charge in [-0.25, -0.2) is 0 Å². The summed E-state index contributed by atoms with van der Waals surface area (Å²) in [5.41, 5.74) is 16.1. The van der Waals surface area contributed by atoms with E-state index < -0.39 is 0 Å². The van der Waals surface area contributed by atoms with E-state index in [0.717, 1.165) is 139 Å². The van der Waals surface area contributed by atoms with Crippen LogP contribution in [0.25, 0.3) is 115 Å². The molecule has 7 nitrogen and oxygen atoms in total. The third-order valence-corrected chi connectivity index (χ3v) is 16.4. The summed E-state index contributed by atoms with van der Waals surface area (Å²) in [6.45, 7) is 2.39. The van der Waals surface area contributed by atoms with Crippen molar-refractivity contribution in [1.29, 1.82) is 0 Å². The second-order valence-electron chi connectivity index (χ2n) is 20.2. The molecule has 7 heteroatoms. The van der Waals surface area contributed by atoms with E-state index in [1.165, 1.54) is 16.5 Å². The highest BCUT2D eigenvalue weighted by molar-refractivity contribution is 6.29. The average Bonchev–Trinajstić information content (AvgIpc) is 4.45. The average molecular weight is 954 g/mol. The highest BCUT2D eigenvalue weighted by atomic mass is 16.3. The highest BCUT2D eigenvalue weighted by Crippen LogP contribution is 2.60. The lowest BCUT2D eigenvalue weighted by atomic mass is 9.78. The molecule has 0 radical (unpaired) electrons. The van der Waals surface area contributed by atoms with Gasteiger partial charge in [-0.05, 0) is 85.3 Å². The largest absolute Gasteiger partial charge is 0.456 e. The van der Waals surface area contributed by atoms with Crippen molar-refractivity contribution in [2.45, 2.75) is 31.3 Å². The minimum atomic E-state index is -0.182. The maximum absolute atomic E-state index is 7.30. The van der Waals surface area contributed by atoms with Crippen LogP contribution >= 0.6 is 0 Å². The molecule has 0 saturated heterocycles. The van der Waals surface area contributed by atoms with Crippen molar-refractivity contribution < 1.29 is 17.7 Å². The summed E-state index contributed by atoms with van der Waals surface area (Å²) in [6, 6.07) is 67.2. The second-order valence-corrected chi connectivity index (χ2v) is 20.2. The molecule has 3 unspecified atom stereocenters. The smallest absolute Gasteiger partial charge is 0.160 e. The SMILES string of the molecule is CC1c2c(oc3ccccc23)-c2c(c3cccc4c5c(N(c6ccc7oc8ccccc8c7c6)C6C=CC=CC6)cc6c7ccccc7oc6c5n2c34)C1N(c1ccccc1)c1ccc2oc3ccccc3c2c1. The number of allylic oxidation sites excluding steroid dienone is 2. The van der Waals surface area contributed by atoms with Gasteiger partial charge in [0.1, 0.15) is 39.0 Å². The zero-order valence-corrected chi connectivity index (χ0v) is 40.1. The first-order valence-electron chi connectivity index (χ1n) is 25.6. The third kappa shape index (κ3) is 5.34. The van der Waals surface area contributed by atoms with Crippen LogP contribution in [0, 0.1) is 0 Å². The lowest BCUT2D eigenvalue weighted by Gasteiger charge is -2.40. The minimum Gasteiger partial charge on any atom is -0.456 e. The van der Waals surface area contributed by atoms with Gasteiger partial charge in [0.15, 0.2) is 11.3 Å². The van der Waals surface area contributed by atoms with Crippen LogP contribution in [0.5, 0.6) is 0 Å². The van der Waals surface area contributed by atoms with Gasteiger partial charge in [0, 0.05) is 88.0 Å². The summed E-state index contributed by atoms with van der Waals surface area (Å²) in [5.74, 6) is 0.876. The first-order valence-corrected chi connectivity index (χ1v) is 25.6. The predicted molar refractivity (Wildman–Crippen MR) is 302 cm³/mol. The first-order chi connectivity index (χ1) is 36.6. The highest BCUT2D eigenvalue weighted by Gasteiger charge is 2.44. The molecule has 0 amide bonds. The quantitative estimate of drug-likeness (QED) is 0.165. The molecule has 3 atom stereocenters. The summed E-state index contributed by atoms with van der Waals surface area (Å²) < 4.78 is 29.9. The number of fused-ring (bicyclic) bond motifs is 20. The van der Waals surface area contributed by atoms with E-state index >= 15 is 0 Å². The number of benzene rings is 9. The minimum absolute atomic E-state index is 0.0136. The Morgan fingerprint density at radius 3 is 1.68 bits per heavy atom. The van der Waals surface area contributed by atoms with Gasteiger partial charge in [0.2, 0.25) is 0 Å². The van der Waals surface area contributed by atoms with E-state index in [9.17, 15) is 0 Å². The molecule has 9 aromatic carbocycles. The summed E-state index contributed by atoms with van der Waals surface area (Å²) in [7, 11) is 0. The van der Waals surface area contributed by atoms with Gasteiger partial charge in [-0.15, -0.1) is 0 Å². The van der Waals surface area contributed by atoms with E-state index in [1.807, 2.05) is 12.1 Å². The zero-order chi connectivity index (χ0) is 48.3. The van der Waals surface area contributed by atoms with E-state index in [1.54, 1.807) is 0 Å². The summed E-state index contributed by atoms with van der Waals surface area (Å²) in [5, 5.41) is 11.1. The number of hydrogen-bond acceptors (Lipinski definition) is 6. The Labute approximate surface area is 422 Å². The number of rotatable bonds is 6. The Balaban J connectivity index is 1.02. The first kappa shape index (κ1) is 40.2. The normalized spacial score (nSPS) is 16.7. The molecule has 74 heavy (non-hydrogen) atoms. The lowest BCUT2D eigenvalue weighted by Crippen LogP contribution is -2.30. The maximum atomic E-state index is 7.30. The molecular formula is C67H43N3O4. The van der Waals surface area contributed by atoms with E-state index in [2.05, 4.69) is 221 Å². The Morgan fingerprint density at radius 1 is 0.432 bits per heavy atom. The number of para-hydroxylation sites is 6. The standard InChI is InChI=1S/C67H43N3O4/c1-38-59-46-24-11-15-30-56(46)74-67(59)65-61(62(38)69(40-19-6-3-7-20-40)42-32-34-58-50(36-42)44-22-9-13-28-54(44)72-58)48-26-16-25-47-60-52(37-51-45-23-10-14-29-55(45)73-66(51)64(60)70(65)63(47)48)68(39-17-4-2-5-18-39)41-31-33-57-49(35-41)43-21-8-12-27-53(43)71-57/h2-17,19-39,62H,18H2,1H3. The summed E-state index contributed by atoms with van der Waals surface area (Å²) in [6.07, 6.45) is 9.81. The van der Waals surface area contributed by atoms with Crippen molar-refractivity contribution >= 4 is 127 Å². The Hall–Kier alpha value is -9.46. The third-order valence-electron chi connectivity index (χ3n) is 16.4. The van der Waals surface area contributed by atoms with Crippen LogP contribution < -0.4 is 9.80 Å². The molecule has 0 bridgehead atoms. The van der Waals surface area contributed by atoms with E-state index in [-0.39, 0.29) is 18.0 Å². The zero-order valence-electron chi connectivity index (χ0n) is 40.1. The van der Waals surface area contributed by atoms with Gasteiger partial charge in [-0.2, -0.15) is 0 Å². The Bertz CT molecular complexity index is 4890. The van der Waals surface area contributed by atoms with Crippen molar-refractivity contribution in [3.05, 3.63) is 223 Å².